The van der Waals surface area contributed by atoms with Crippen molar-refractivity contribution in [3.63, 3.8) is 0 Å². The van der Waals surface area contributed by atoms with Gasteiger partial charge in [0, 0.05) is 54.8 Å². The van der Waals surface area contributed by atoms with Crippen molar-refractivity contribution in [3.05, 3.63) is 47.3 Å². The zero-order valence-electron chi connectivity index (χ0n) is 15.0. The van der Waals surface area contributed by atoms with Crippen LogP contribution < -0.4 is 25.9 Å². The zero-order chi connectivity index (χ0) is 22.3. The molecule has 8 nitrogen and oxygen atoms in total. The van der Waals surface area contributed by atoms with Crippen LogP contribution in [0.15, 0.2) is 18.2 Å². The topological polar surface area (TPSA) is 90.1 Å². The van der Waals surface area contributed by atoms with Crippen LogP contribution in [0.2, 0.25) is 0 Å². The molecule has 0 bridgehead atoms. The van der Waals surface area contributed by atoms with Crippen molar-refractivity contribution >= 4 is 41.5 Å². The molecular formula is C15H12F5N3O5S2. The van der Waals surface area contributed by atoms with Gasteiger partial charge in [-0.05, 0) is 0 Å². The first kappa shape index (κ1) is 23.7. The van der Waals surface area contributed by atoms with Gasteiger partial charge < -0.3 is 15.1 Å². The molecular weight excluding hydrogens is 461 g/mol. The molecule has 0 aromatic heterocycles. The molecule has 30 heavy (non-hydrogen) atoms. The van der Waals surface area contributed by atoms with E-state index in [0.717, 1.165) is 24.1 Å². The van der Waals surface area contributed by atoms with E-state index in [9.17, 15) is 26.7 Å². The van der Waals surface area contributed by atoms with Crippen molar-refractivity contribution in [2.24, 2.45) is 0 Å². The van der Waals surface area contributed by atoms with Crippen LogP contribution in [0.4, 0.5) is 38.1 Å². The first-order valence-electron chi connectivity index (χ1n) is 7.52. The van der Waals surface area contributed by atoms with Crippen LogP contribution >= 0.6 is 24.1 Å². The van der Waals surface area contributed by atoms with E-state index in [1.54, 1.807) is 12.5 Å². The summed E-state index contributed by atoms with van der Waals surface area (Å²) in [5.74, 6) is -10.9. The first-order valence-corrected chi connectivity index (χ1v) is 9.82. The quantitative estimate of drug-likeness (QED) is 0.121. The summed E-state index contributed by atoms with van der Waals surface area (Å²) in [4.78, 5) is 21.7. The number of benzene rings is 2. The van der Waals surface area contributed by atoms with Crippen molar-refractivity contribution in [2.45, 2.75) is 0 Å². The number of rotatable bonds is 9. The number of carbonyl (C=O) groups excluding carboxylic acids is 1. The number of anilines is 2. The molecule has 0 aliphatic rings. The summed E-state index contributed by atoms with van der Waals surface area (Å²) in [6.07, 6.45) is 3.17. The lowest BCUT2D eigenvalue weighted by molar-refractivity contribution is -0.0849. The average Bonchev–Trinajstić information content (AvgIpc) is 2.75. The van der Waals surface area contributed by atoms with E-state index in [-0.39, 0.29) is 17.2 Å². The Morgan fingerprint density at radius 1 is 0.800 bits per heavy atom. The third-order valence-electron chi connectivity index (χ3n) is 3.05. The fraction of sp³-hybridized carbons (Fsp3) is 0.133. The Hall–Kier alpha value is -2.62. The van der Waals surface area contributed by atoms with E-state index < -0.39 is 40.8 Å². The average molecular weight is 473 g/mol. The summed E-state index contributed by atoms with van der Waals surface area (Å²) >= 11 is 1.79. The highest BCUT2D eigenvalue weighted by molar-refractivity contribution is 7.94. The van der Waals surface area contributed by atoms with E-state index in [1.807, 2.05) is 5.43 Å². The Balaban J connectivity index is 2.12. The van der Waals surface area contributed by atoms with E-state index in [2.05, 4.69) is 5.43 Å². The first-order chi connectivity index (χ1) is 14.3. The molecule has 0 aliphatic carbocycles. The van der Waals surface area contributed by atoms with Crippen LogP contribution in [0.5, 0.6) is 11.5 Å². The van der Waals surface area contributed by atoms with Crippen molar-refractivity contribution in [1.29, 1.82) is 0 Å². The predicted octanol–water partition coefficient (Wildman–Crippen LogP) is 4.71. The Bertz CT molecular complexity index is 869. The van der Waals surface area contributed by atoms with Crippen molar-refractivity contribution < 1.29 is 45.2 Å². The number of nitrogens with one attached hydrogen (secondary N) is 3. The van der Waals surface area contributed by atoms with Crippen molar-refractivity contribution in [3.8, 4) is 11.5 Å². The molecule has 2 rings (SSSR count). The molecule has 0 heterocycles. The molecule has 0 saturated heterocycles. The smallest absolute Gasteiger partial charge is 0.325 e. The Kier molecular flexibility index (Phi) is 8.64. The van der Waals surface area contributed by atoms with Gasteiger partial charge in [-0.2, -0.15) is 0 Å². The number of hydrazine groups is 1. The minimum Gasteiger partial charge on any atom is -0.325 e. The van der Waals surface area contributed by atoms with Crippen LogP contribution in [-0.4, -0.2) is 18.5 Å². The predicted molar refractivity (Wildman–Crippen MR) is 98.9 cm³/mol. The zero-order valence-corrected chi connectivity index (χ0v) is 16.6. The van der Waals surface area contributed by atoms with Gasteiger partial charge in [-0.1, -0.05) is 0 Å². The molecule has 2 amide bonds. The fourth-order valence-corrected chi connectivity index (χ4v) is 2.17. The van der Waals surface area contributed by atoms with Gasteiger partial charge in [0.1, 0.15) is 5.69 Å². The lowest BCUT2D eigenvalue weighted by atomic mass is 10.2. The summed E-state index contributed by atoms with van der Waals surface area (Å²) in [6, 6.07) is 2.67. The maximum Gasteiger partial charge on any atom is 0.338 e. The molecule has 0 unspecified atom stereocenters. The summed E-state index contributed by atoms with van der Waals surface area (Å²) in [5.41, 5.74) is 2.87. The van der Waals surface area contributed by atoms with Crippen LogP contribution in [0.1, 0.15) is 0 Å². The van der Waals surface area contributed by atoms with Gasteiger partial charge in [0.05, 0.1) is 5.69 Å². The number of urea groups is 1. The van der Waals surface area contributed by atoms with Crippen molar-refractivity contribution in [2.75, 3.05) is 23.3 Å². The third-order valence-corrected chi connectivity index (χ3v) is 3.45. The molecule has 0 saturated carbocycles. The number of hydrogen-bond acceptors (Lipinski definition) is 8. The number of amides is 2. The minimum atomic E-state index is -2.35. The molecule has 0 radical (unpaired) electrons. The van der Waals surface area contributed by atoms with Crippen LogP contribution in [0, 0.1) is 29.1 Å². The van der Waals surface area contributed by atoms with E-state index in [0.29, 0.717) is 0 Å². The summed E-state index contributed by atoms with van der Waals surface area (Å²) in [6.45, 7) is 0. The van der Waals surface area contributed by atoms with Gasteiger partial charge in [0.15, 0.2) is 34.8 Å². The van der Waals surface area contributed by atoms with Gasteiger partial charge in [-0.3, -0.25) is 10.9 Å². The van der Waals surface area contributed by atoms with Crippen LogP contribution in [-0.2, 0) is 8.67 Å². The molecule has 0 spiro atoms. The fourth-order valence-electron chi connectivity index (χ4n) is 1.88. The Morgan fingerprint density at radius 3 is 1.73 bits per heavy atom. The molecule has 3 N–H and O–H groups in total. The van der Waals surface area contributed by atoms with E-state index in [1.165, 1.54) is 23.5 Å². The molecule has 15 heteroatoms. The van der Waals surface area contributed by atoms with E-state index in [4.69, 9.17) is 18.4 Å². The van der Waals surface area contributed by atoms with Gasteiger partial charge >= 0.3 is 6.03 Å². The Morgan fingerprint density at radius 2 is 1.27 bits per heavy atom. The Labute approximate surface area is 174 Å². The highest BCUT2D eigenvalue weighted by atomic mass is 32.2. The number of halogens is 5. The number of carbonyl (C=O) groups is 1. The summed E-state index contributed by atoms with van der Waals surface area (Å²) in [7, 11) is 0. The molecule has 0 aliphatic heterocycles. The minimum absolute atomic E-state index is 0.107. The largest absolute Gasteiger partial charge is 0.338 e. The van der Waals surface area contributed by atoms with Gasteiger partial charge in [0.25, 0.3) is 0 Å². The lowest BCUT2D eigenvalue weighted by Crippen LogP contribution is -2.34. The summed E-state index contributed by atoms with van der Waals surface area (Å²) < 4.78 is 76.1. The molecule has 2 aromatic carbocycles. The van der Waals surface area contributed by atoms with Gasteiger partial charge in [-0.25, -0.2) is 26.7 Å². The van der Waals surface area contributed by atoms with Gasteiger partial charge in [-0.15, -0.1) is 8.67 Å². The third kappa shape index (κ3) is 5.94. The summed E-state index contributed by atoms with van der Waals surface area (Å²) in [5, 5.41) is 1.53. The second kappa shape index (κ2) is 11.0. The van der Waals surface area contributed by atoms with Crippen LogP contribution in [0.3, 0.4) is 0 Å². The standard InChI is InChI=1S/C15H12F5N3O5S2/c1-29-27-25-7-3-6(4-8(5-7)26-28-30-2)22-23-15(24)21-14-12(19)10(17)9(16)11(18)13(14)20/h3-5,22H,1-2H3,(H2,21,23,24). The maximum atomic E-state index is 13.6. The van der Waals surface area contributed by atoms with Crippen LogP contribution in [0.25, 0.3) is 0 Å². The maximum absolute atomic E-state index is 13.6. The highest BCUT2D eigenvalue weighted by Gasteiger charge is 2.26. The molecule has 2 aromatic rings. The monoisotopic (exact) mass is 473 g/mol. The molecule has 0 fully saturated rings. The normalized spacial score (nSPS) is 10.5. The SMILES string of the molecule is CSOOc1cc(NNC(=O)Nc2c(F)c(F)c(F)c(F)c2F)cc(OOSC)c1. The van der Waals surface area contributed by atoms with Gasteiger partial charge in [0.2, 0.25) is 5.82 Å². The second-order valence-electron chi connectivity index (χ2n) is 4.98. The number of hydrogen-bond donors (Lipinski definition) is 3. The van der Waals surface area contributed by atoms with E-state index >= 15 is 0 Å². The van der Waals surface area contributed by atoms with Crippen molar-refractivity contribution in [1.82, 2.24) is 5.43 Å². The second-order valence-corrected chi connectivity index (χ2v) is 5.92. The lowest BCUT2D eigenvalue weighted by Gasteiger charge is -2.13. The highest BCUT2D eigenvalue weighted by Crippen LogP contribution is 2.28. The molecule has 164 valence electrons. The molecule has 0 atom stereocenters.